The van der Waals surface area contributed by atoms with E-state index in [9.17, 15) is 25.2 Å². The molecule has 1 saturated heterocycles. The fourth-order valence-corrected chi connectivity index (χ4v) is 5.39. The van der Waals surface area contributed by atoms with Crippen LogP contribution in [0.5, 0.6) is 0 Å². The lowest BCUT2D eigenvalue weighted by molar-refractivity contribution is -0.305. The summed E-state index contributed by atoms with van der Waals surface area (Å²) in [6, 6.07) is 0. The molecule has 47 heavy (non-hydrogen) atoms. The van der Waals surface area contributed by atoms with Gasteiger partial charge in [-0.3, -0.25) is 4.79 Å². The molecule has 1 aliphatic rings. The number of hydrogen-bond acceptors (Lipinski definition) is 9. The molecule has 0 radical (unpaired) electrons. The minimum absolute atomic E-state index is 0.122. The summed E-state index contributed by atoms with van der Waals surface area (Å²) in [5, 5.41) is 39.9. The first-order chi connectivity index (χ1) is 22.9. The molecule has 0 aromatic carbocycles. The fraction of sp³-hybridized carbons (Fsp3) is 0.816. The van der Waals surface area contributed by atoms with Gasteiger partial charge in [-0.05, 0) is 44.9 Å². The van der Waals surface area contributed by atoms with Crippen molar-refractivity contribution >= 4 is 5.97 Å². The lowest BCUT2D eigenvalue weighted by Gasteiger charge is -2.39. The second-order valence-corrected chi connectivity index (χ2v) is 12.6. The number of hydrogen-bond donors (Lipinski definition) is 4. The number of allylic oxidation sites excluding steroid dienone is 6. The number of carbonyl (C=O) groups excluding carboxylic acids is 1. The van der Waals surface area contributed by atoms with Crippen molar-refractivity contribution in [2.45, 2.75) is 173 Å². The van der Waals surface area contributed by atoms with Crippen LogP contribution in [-0.4, -0.2) is 89.6 Å². The summed E-state index contributed by atoms with van der Waals surface area (Å²) in [6.07, 6.45) is 26.0. The Balaban J connectivity index is 2.36. The van der Waals surface area contributed by atoms with Crippen LogP contribution in [0.1, 0.15) is 136 Å². The van der Waals surface area contributed by atoms with Gasteiger partial charge in [-0.15, -0.1) is 0 Å². The van der Waals surface area contributed by atoms with Crippen LogP contribution in [-0.2, 0) is 23.7 Å². The Morgan fingerprint density at radius 3 is 1.96 bits per heavy atom. The third kappa shape index (κ3) is 22.6. The molecule has 274 valence electrons. The van der Waals surface area contributed by atoms with Crippen LogP contribution in [0.2, 0.25) is 0 Å². The van der Waals surface area contributed by atoms with Crippen molar-refractivity contribution in [2.75, 3.05) is 26.4 Å². The highest BCUT2D eigenvalue weighted by molar-refractivity contribution is 5.69. The summed E-state index contributed by atoms with van der Waals surface area (Å²) < 4.78 is 22.6. The van der Waals surface area contributed by atoms with Crippen molar-refractivity contribution in [3.8, 4) is 0 Å². The number of aliphatic hydroxyl groups is 4. The lowest BCUT2D eigenvalue weighted by atomic mass is 9.99. The molecule has 0 spiro atoms. The molecule has 9 heteroatoms. The van der Waals surface area contributed by atoms with E-state index in [0.29, 0.717) is 13.0 Å². The van der Waals surface area contributed by atoms with Gasteiger partial charge in [0.05, 0.1) is 19.8 Å². The SMILES string of the molecule is CC/C=C\C/C=C\C/C=C\CCCCCCOCC(COC1OC(CO)C(O)C(O)C1O)OC(=O)CCCCCCCCCCCC. The number of unbranched alkanes of at least 4 members (excludes halogenated alkanes) is 13. The number of rotatable bonds is 30. The monoisotopic (exact) mass is 668 g/mol. The fourth-order valence-electron chi connectivity index (χ4n) is 5.39. The Bertz CT molecular complexity index is 813. The molecule has 0 aliphatic carbocycles. The first-order valence-electron chi connectivity index (χ1n) is 18.6. The minimum atomic E-state index is -1.54. The van der Waals surface area contributed by atoms with Gasteiger partial charge in [-0.1, -0.05) is 121 Å². The van der Waals surface area contributed by atoms with Gasteiger partial charge in [-0.25, -0.2) is 0 Å². The lowest BCUT2D eigenvalue weighted by Crippen LogP contribution is -2.59. The van der Waals surface area contributed by atoms with Crippen molar-refractivity contribution in [2.24, 2.45) is 0 Å². The Morgan fingerprint density at radius 2 is 1.30 bits per heavy atom. The first kappa shape index (κ1) is 43.4. The van der Waals surface area contributed by atoms with Crippen LogP contribution in [0.15, 0.2) is 36.5 Å². The Labute approximate surface area is 285 Å². The van der Waals surface area contributed by atoms with Crippen molar-refractivity contribution in [3.63, 3.8) is 0 Å². The van der Waals surface area contributed by atoms with E-state index in [1.54, 1.807) is 0 Å². The Hall–Kier alpha value is -1.59. The maximum Gasteiger partial charge on any atom is 0.306 e. The van der Waals surface area contributed by atoms with Gasteiger partial charge in [0, 0.05) is 13.0 Å². The molecule has 9 nitrogen and oxygen atoms in total. The predicted octanol–water partition coefficient (Wildman–Crippen LogP) is 6.85. The standard InChI is InChI=1S/C38H68O9/c1-3-5-7-9-11-13-15-16-17-18-20-22-24-26-28-44-30-32(31-45-38-37(43)36(42)35(41)33(29-39)47-38)46-34(40)27-25-23-21-19-14-12-10-8-6-4-2/h5,7,11,13,16-17,32-33,35-39,41-43H,3-4,6,8-10,12,14-15,18-31H2,1-2H3/b7-5-,13-11-,17-16-. The molecule has 0 aromatic heterocycles. The third-order valence-electron chi connectivity index (χ3n) is 8.32. The molecule has 4 N–H and O–H groups in total. The van der Waals surface area contributed by atoms with E-state index in [-0.39, 0.29) is 19.2 Å². The Kier molecular flexibility index (Phi) is 28.2. The van der Waals surface area contributed by atoms with Gasteiger partial charge >= 0.3 is 5.97 Å². The zero-order valence-electron chi connectivity index (χ0n) is 29.5. The van der Waals surface area contributed by atoms with Gasteiger partial charge < -0.3 is 39.4 Å². The van der Waals surface area contributed by atoms with E-state index in [1.165, 1.54) is 44.9 Å². The predicted molar refractivity (Wildman–Crippen MR) is 187 cm³/mol. The largest absolute Gasteiger partial charge is 0.457 e. The molecule has 0 aromatic rings. The van der Waals surface area contributed by atoms with Crippen LogP contribution >= 0.6 is 0 Å². The van der Waals surface area contributed by atoms with Gasteiger partial charge in [0.1, 0.15) is 30.5 Å². The topological polar surface area (TPSA) is 135 Å². The number of esters is 1. The van der Waals surface area contributed by atoms with E-state index in [1.807, 2.05) is 0 Å². The van der Waals surface area contributed by atoms with Crippen molar-refractivity contribution in [3.05, 3.63) is 36.5 Å². The highest BCUT2D eigenvalue weighted by atomic mass is 16.7. The molecule has 6 unspecified atom stereocenters. The highest BCUT2D eigenvalue weighted by Gasteiger charge is 2.44. The molecular formula is C38H68O9. The maximum atomic E-state index is 12.6. The molecule has 1 fully saturated rings. The van der Waals surface area contributed by atoms with E-state index in [2.05, 4.69) is 50.3 Å². The quantitative estimate of drug-likeness (QED) is 0.0368. The van der Waals surface area contributed by atoms with Crippen molar-refractivity contribution in [1.82, 2.24) is 0 Å². The highest BCUT2D eigenvalue weighted by Crippen LogP contribution is 2.22. The second-order valence-electron chi connectivity index (χ2n) is 12.6. The van der Waals surface area contributed by atoms with Gasteiger partial charge in [0.2, 0.25) is 0 Å². The maximum absolute atomic E-state index is 12.6. The van der Waals surface area contributed by atoms with Crippen molar-refractivity contribution < 1.29 is 44.2 Å². The average Bonchev–Trinajstić information content (AvgIpc) is 3.07. The molecule has 0 saturated carbocycles. The van der Waals surface area contributed by atoms with Crippen molar-refractivity contribution in [1.29, 1.82) is 0 Å². The smallest absolute Gasteiger partial charge is 0.306 e. The summed E-state index contributed by atoms with van der Waals surface area (Å²) in [7, 11) is 0. The van der Waals surface area contributed by atoms with Crippen LogP contribution in [0.4, 0.5) is 0 Å². The van der Waals surface area contributed by atoms with Gasteiger partial charge in [0.15, 0.2) is 6.29 Å². The summed E-state index contributed by atoms with van der Waals surface area (Å²) in [5.41, 5.74) is 0. The normalized spacial score (nSPS) is 22.6. The summed E-state index contributed by atoms with van der Waals surface area (Å²) in [5.74, 6) is -0.326. The minimum Gasteiger partial charge on any atom is -0.457 e. The molecule has 1 heterocycles. The zero-order chi connectivity index (χ0) is 34.4. The van der Waals surface area contributed by atoms with E-state index in [0.717, 1.165) is 70.6 Å². The summed E-state index contributed by atoms with van der Waals surface area (Å²) >= 11 is 0. The van der Waals surface area contributed by atoms with E-state index >= 15 is 0 Å². The third-order valence-corrected chi connectivity index (χ3v) is 8.32. The van der Waals surface area contributed by atoms with Gasteiger partial charge in [0.25, 0.3) is 0 Å². The zero-order valence-corrected chi connectivity index (χ0v) is 29.5. The first-order valence-corrected chi connectivity index (χ1v) is 18.6. The number of aliphatic hydroxyl groups excluding tert-OH is 4. The van der Waals surface area contributed by atoms with E-state index < -0.39 is 43.4 Å². The second kappa shape index (κ2) is 30.5. The molecule has 6 atom stereocenters. The molecule has 0 amide bonds. The number of carbonyl (C=O) groups is 1. The Morgan fingerprint density at radius 1 is 0.702 bits per heavy atom. The van der Waals surface area contributed by atoms with Crippen LogP contribution in [0.25, 0.3) is 0 Å². The summed E-state index contributed by atoms with van der Waals surface area (Å²) in [4.78, 5) is 12.6. The molecule has 1 rings (SSSR count). The summed E-state index contributed by atoms with van der Waals surface area (Å²) in [6.45, 7) is 4.36. The molecule has 0 bridgehead atoms. The molecule has 1 aliphatic heterocycles. The van der Waals surface area contributed by atoms with E-state index in [4.69, 9.17) is 18.9 Å². The van der Waals surface area contributed by atoms with Crippen LogP contribution < -0.4 is 0 Å². The van der Waals surface area contributed by atoms with Crippen LogP contribution in [0, 0.1) is 0 Å². The number of ether oxygens (including phenoxy) is 4. The van der Waals surface area contributed by atoms with Gasteiger partial charge in [-0.2, -0.15) is 0 Å². The average molecular weight is 669 g/mol. The van der Waals surface area contributed by atoms with Crippen LogP contribution in [0.3, 0.4) is 0 Å². The molecular weight excluding hydrogens is 600 g/mol.